The average Bonchev–Trinajstić information content (AvgIpc) is 4.18. The summed E-state index contributed by atoms with van der Waals surface area (Å²) in [6, 6.07) is -9.05. The van der Waals surface area contributed by atoms with Gasteiger partial charge < -0.3 is 103 Å². The lowest BCUT2D eigenvalue weighted by atomic mass is 10.0. The van der Waals surface area contributed by atoms with Gasteiger partial charge in [-0.15, -0.1) is 0 Å². The van der Waals surface area contributed by atoms with E-state index in [4.69, 9.17) is 45.2 Å². The fourth-order valence-electron chi connectivity index (χ4n) is 8.48. The lowest BCUT2D eigenvalue weighted by molar-refractivity contribution is -0.143. The van der Waals surface area contributed by atoms with Gasteiger partial charge in [-0.2, -0.15) is 0 Å². The molecule has 0 saturated carbocycles. The fraction of sp³-hybridized carbons (Fsp3) is 0.725. The first-order valence-electron chi connectivity index (χ1n) is 28.3. The molecular weight excluding hydrogens is 1100 g/mol. The largest absolute Gasteiger partial charge is 0.480 e. The lowest BCUT2D eigenvalue weighted by Gasteiger charge is -2.31. The number of carbonyl (C=O) groups is 12. The minimum absolute atomic E-state index is 0.0426. The molecule has 1 unspecified atom stereocenters. The van der Waals surface area contributed by atoms with Gasteiger partial charge in [0.2, 0.25) is 65.0 Å². The van der Waals surface area contributed by atoms with Crippen molar-refractivity contribution >= 4 is 82.9 Å². The molecule has 1 aliphatic heterocycles. The van der Waals surface area contributed by atoms with E-state index in [1.54, 1.807) is 13.8 Å². The van der Waals surface area contributed by atoms with Gasteiger partial charge in [0.1, 0.15) is 48.8 Å². The lowest BCUT2D eigenvalue weighted by Crippen LogP contribution is -2.58. The van der Waals surface area contributed by atoms with Gasteiger partial charge in [0.15, 0.2) is 11.9 Å². The standard InChI is InChI=1S/C51H94N20O13/c1-28(2)23-35(44(79)64-27-40(75)76)69-47(82)36-17-12-22-71(36)49(84)34(15-7-9-19-53)68-45(80)32(16-11-21-60-51(57)58)66-39(74)25-61-37(72)24-62-42(77)30(5)65-38(73)26-63-48(83)41(29(3)4)70-46(81)33(14-6-8-18-52)67-43(78)31(54)13-10-20-59-50(55)56/h28-36,41H,6-27,52-54H2,1-5H3,(H,61,72)(H,62,77)(H,63,83)(H,64,79)(H,65,73)(H,66,74)(H,67,78)(H,68,80)(H,69,82)(H,70,81)(H,75,76)(H4,55,56,59)(H4,57,58,60)/t30-,31-,32-,33-,34-,35-,36?,41-/m0/s1. The topological polar surface area (TPSA) is 555 Å². The number of aliphatic imine (C=N–C) groups is 2. The van der Waals surface area contributed by atoms with Crippen LogP contribution in [0.3, 0.4) is 0 Å². The molecule has 33 heteroatoms. The third-order valence-electron chi connectivity index (χ3n) is 12.9. The number of likely N-dealkylation sites (tertiary alicyclic amines) is 1. The predicted molar refractivity (Wildman–Crippen MR) is 310 cm³/mol. The van der Waals surface area contributed by atoms with Gasteiger partial charge in [0, 0.05) is 19.6 Å². The van der Waals surface area contributed by atoms with Crippen LogP contribution in [0.25, 0.3) is 0 Å². The van der Waals surface area contributed by atoms with E-state index >= 15 is 0 Å². The van der Waals surface area contributed by atoms with Crippen LogP contribution in [-0.2, 0) is 57.5 Å². The minimum Gasteiger partial charge on any atom is -0.480 e. The van der Waals surface area contributed by atoms with Crippen LogP contribution in [0.4, 0.5) is 0 Å². The maximum absolute atomic E-state index is 14.2. The number of hydrogen-bond donors (Lipinski definition) is 18. The van der Waals surface area contributed by atoms with Crippen molar-refractivity contribution in [1.82, 2.24) is 58.1 Å². The Kier molecular flexibility index (Phi) is 35.5. The Morgan fingerprint density at radius 2 is 1.02 bits per heavy atom. The molecule has 0 aromatic carbocycles. The van der Waals surface area contributed by atoms with Crippen LogP contribution in [0.5, 0.6) is 0 Å². The molecule has 0 spiro atoms. The second-order valence-electron chi connectivity index (χ2n) is 21.0. The number of carboxylic acids is 1. The van der Waals surface area contributed by atoms with Crippen molar-refractivity contribution in [3.63, 3.8) is 0 Å². The summed E-state index contributed by atoms with van der Waals surface area (Å²) in [4.78, 5) is 166. The molecule has 0 aliphatic carbocycles. The van der Waals surface area contributed by atoms with E-state index in [-0.39, 0.29) is 89.0 Å². The summed E-state index contributed by atoms with van der Waals surface area (Å²) in [6.45, 7) is 6.70. The SMILES string of the molecule is CC(C)C[C@H](NC(=O)C1CCCN1C(=O)[C@H](CCCCN)NC(=O)[C@H](CCCN=C(N)N)NC(=O)CNC(=O)CNC(=O)[C@H](C)NC(=O)CNC(=O)[C@@H](NC(=O)[C@H](CCCCN)NC(=O)[C@@H](N)CCCN=C(N)N)C(C)C)C(=O)NCC(=O)O. The van der Waals surface area contributed by atoms with Crippen LogP contribution in [0.2, 0.25) is 0 Å². The van der Waals surface area contributed by atoms with Crippen LogP contribution in [-0.4, -0.2) is 200 Å². The number of nitrogens with two attached hydrogens (primary N) is 7. The van der Waals surface area contributed by atoms with Crippen LogP contribution >= 0.6 is 0 Å². The number of aliphatic carboxylic acids is 1. The summed E-state index contributed by atoms with van der Waals surface area (Å²) in [7, 11) is 0. The maximum Gasteiger partial charge on any atom is 0.322 e. The zero-order valence-electron chi connectivity index (χ0n) is 49.1. The third kappa shape index (κ3) is 30.4. The summed E-state index contributed by atoms with van der Waals surface area (Å²) >= 11 is 0. The van der Waals surface area contributed by atoms with E-state index in [0.29, 0.717) is 45.1 Å². The molecule has 1 heterocycles. The van der Waals surface area contributed by atoms with E-state index in [9.17, 15) is 57.5 Å². The first-order valence-corrected chi connectivity index (χ1v) is 28.3. The Bertz CT molecular complexity index is 2260. The van der Waals surface area contributed by atoms with Gasteiger partial charge in [-0.25, -0.2) is 0 Å². The number of nitrogens with one attached hydrogen (secondary N) is 10. The van der Waals surface area contributed by atoms with Gasteiger partial charge in [0.25, 0.3) is 0 Å². The molecule has 8 atom stereocenters. The number of carboxylic acid groups (broad SMARTS) is 1. The zero-order valence-corrected chi connectivity index (χ0v) is 49.1. The average molecular weight is 1200 g/mol. The molecule has 476 valence electrons. The Hall–Kier alpha value is -7.94. The van der Waals surface area contributed by atoms with E-state index in [2.05, 4.69) is 63.2 Å². The molecule has 0 aromatic heterocycles. The van der Waals surface area contributed by atoms with E-state index in [1.807, 2.05) is 13.8 Å². The Morgan fingerprint density at radius 1 is 0.524 bits per heavy atom. The number of nitrogens with zero attached hydrogens (tertiary/aromatic N) is 3. The molecule has 25 N–H and O–H groups in total. The molecular formula is C51H94N20O13. The second kappa shape index (κ2) is 40.3. The molecule has 0 aromatic rings. The van der Waals surface area contributed by atoms with Gasteiger partial charge in [-0.1, -0.05) is 27.7 Å². The first kappa shape index (κ1) is 74.1. The maximum atomic E-state index is 14.2. The monoisotopic (exact) mass is 1190 g/mol. The molecule has 1 rings (SSSR count). The quantitative estimate of drug-likeness (QED) is 0.0154. The fourth-order valence-corrected chi connectivity index (χ4v) is 8.48. The van der Waals surface area contributed by atoms with Crippen molar-refractivity contribution in [1.29, 1.82) is 0 Å². The highest BCUT2D eigenvalue weighted by Gasteiger charge is 2.40. The number of hydrogen-bond acceptors (Lipinski definition) is 17. The summed E-state index contributed by atoms with van der Waals surface area (Å²) < 4.78 is 0. The van der Waals surface area contributed by atoms with E-state index in [0.717, 1.165) is 0 Å². The molecule has 11 amide bonds. The summed E-state index contributed by atoms with van der Waals surface area (Å²) in [6.07, 6.45) is 3.77. The molecule has 0 bridgehead atoms. The molecule has 84 heavy (non-hydrogen) atoms. The number of unbranched alkanes of at least 4 members (excludes halogenated alkanes) is 2. The van der Waals surface area contributed by atoms with E-state index < -0.39 is 151 Å². The zero-order chi connectivity index (χ0) is 63.5. The minimum atomic E-state index is -1.30. The molecule has 1 aliphatic rings. The number of amides is 11. The molecule has 1 fully saturated rings. The normalized spacial score (nSPS) is 15.3. The summed E-state index contributed by atoms with van der Waals surface area (Å²) in [5.74, 6) is -10.2. The molecule has 33 nitrogen and oxygen atoms in total. The van der Waals surface area contributed by atoms with Gasteiger partial charge in [-0.3, -0.25) is 67.5 Å². The highest BCUT2D eigenvalue weighted by molar-refractivity contribution is 5.98. The Balaban J connectivity index is 2.96. The van der Waals surface area contributed by atoms with Gasteiger partial charge in [-0.05, 0) is 115 Å². The predicted octanol–water partition coefficient (Wildman–Crippen LogP) is -7.15. The van der Waals surface area contributed by atoms with Crippen LogP contribution in [0.15, 0.2) is 9.98 Å². The van der Waals surface area contributed by atoms with E-state index in [1.165, 1.54) is 11.8 Å². The van der Waals surface area contributed by atoms with Crippen molar-refractivity contribution in [2.24, 2.45) is 62.0 Å². The summed E-state index contributed by atoms with van der Waals surface area (Å²) in [5, 5.41) is 34.0. The second-order valence-corrected chi connectivity index (χ2v) is 21.0. The third-order valence-corrected chi connectivity index (χ3v) is 12.9. The van der Waals surface area contributed by atoms with Crippen molar-refractivity contribution in [3.8, 4) is 0 Å². The number of guanidine groups is 2. The Morgan fingerprint density at radius 3 is 1.60 bits per heavy atom. The van der Waals surface area contributed by atoms with Crippen molar-refractivity contribution < 1.29 is 62.6 Å². The number of rotatable bonds is 41. The number of carbonyl (C=O) groups excluding carboxylic acids is 11. The van der Waals surface area contributed by atoms with Crippen LogP contribution in [0.1, 0.15) is 118 Å². The van der Waals surface area contributed by atoms with Crippen molar-refractivity contribution in [3.05, 3.63) is 0 Å². The van der Waals surface area contributed by atoms with Gasteiger partial charge >= 0.3 is 5.97 Å². The smallest absolute Gasteiger partial charge is 0.322 e. The molecule has 0 radical (unpaired) electrons. The van der Waals surface area contributed by atoms with Crippen molar-refractivity contribution in [2.45, 2.75) is 166 Å². The van der Waals surface area contributed by atoms with Crippen LogP contribution < -0.4 is 93.3 Å². The Labute approximate surface area is 489 Å². The van der Waals surface area contributed by atoms with Gasteiger partial charge in [0.05, 0.1) is 25.7 Å². The summed E-state index contributed by atoms with van der Waals surface area (Å²) in [5.41, 5.74) is 39.0. The first-order chi connectivity index (χ1) is 39.6. The van der Waals surface area contributed by atoms with Crippen LogP contribution in [0, 0.1) is 11.8 Å². The highest BCUT2D eigenvalue weighted by Crippen LogP contribution is 2.21. The molecule has 1 saturated heterocycles. The highest BCUT2D eigenvalue weighted by atomic mass is 16.4. The van der Waals surface area contributed by atoms with Crippen molar-refractivity contribution in [2.75, 3.05) is 58.9 Å².